The summed E-state index contributed by atoms with van der Waals surface area (Å²) in [5.74, 6) is 0.500. The molecule has 1 N–H and O–H groups in total. The van der Waals surface area contributed by atoms with Crippen LogP contribution in [0.1, 0.15) is 23.5 Å². The topological polar surface area (TPSA) is 63.7 Å². The number of methoxy groups -OCH3 is 1. The van der Waals surface area contributed by atoms with Crippen molar-refractivity contribution in [3.63, 3.8) is 0 Å². The SMILES string of the molecule is COCCNC(=O)[C@H]1C[C@H]2CCN(Cc3csc(C)n3)C[C@@H]2O1. The van der Waals surface area contributed by atoms with Crippen molar-refractivity contribution < 1.29 is 14.3 Å². The highest BCUT2D eigenvalue weighted by Crippen LogP contribution is 2.33. The third-order valence-electron chi connectivity index (χ3n) is 4.59. The van der Waals surface area contributed by atoms with E-state index in [0.29, 0.717) is 19.1 Å². The molecule has 0 spiro atoms. The molecule has 0 saturated carbocycles. The summed E-state index contributed by atoms with van der Waals surface area (Å²) in [7, 11) is 1.63. The van der Waals surface area contributed by atoms with Gasteiger partial charge in [0.2, 0.25) is 5.91 Å². The summed E-state index contributed by atoms with van der Waals surface area (Å²) < 4.78 is 11.0. The molecule has 1 amide bonds. The van der Waals surface area contributed by atoms with E-state index in [0.717, 1.165) is 43.2 Å². The van der Waals surface area contributed by atoms with E-state index in [1.807, 2.05) is 6.92 Å². The van der Waals surface area contributed by atoms with E-state index in [1.54, 1.807) is 18.4 Å². The Labute approximate surface area is 141 Å². The van der Waals surface area contributed by atoms with Gasteiger partial charge in [-0.2, -0.15) is 0 Å². The molecule has 0 bridgehead atoms. The molecule has 6 nitrogen and oxygen atoms in total. The molecule has 2 saturated heterocycles. The van der Waals surface area contributed by atoms with Gasteiger partial charge in [0, 0.05) is 32.1 Å². The van der Waals surface area contributed by atoms with Gasteiger partial charge < -0.3 is 14.8 Å². The Hall–Kier alpha value is -1.02. The van der Waals surface area contributed by atoms with E-state index >= 15 is 0 Å². The van der Waals surface area contributed by atoms with E-state index in [9.17, 15) is 4.79 Å². The van der Waals surface area contributed by atoms with Crippen molar-refractivity contribution in [2.75, 3.05) is 33.4 Å². The first kappa shape index (κ1) is 16.8. The Morgan fingerprint density at radius 1 is 1.61 bits per heavy atom. The van der Waals surface area contributed by atoms with Crippen molar-refractivity contribution >= 4 is 17.2 Å². The Bertz CT molecular complexity index is 536. The zero-order valence-electron chi connectivity index (χ0n) is 13.8. The number of aromatic nitrogens is 1. The van der Waals surface area contributed by atoms with Crippen molar-refractivity contribution in [1.82, 2.24) is 15.2 Å². The Balaban J connectivity index is 1.48. The summed E-state index contributed by atoms with van der Waals surface area (Å²) in [5, 5.41) is 6.12. The molecule has 3 atom stereocenters. The number of fused-ring (bicyclic) bond motifs is 1. The van der Waals surface area contributed by atoms with Crippen LogP contribution in [0.25, 0.3) is 0 Å². The highest BCUT2D eigenvalue weighted by molar-refractivity contribution is 7.09. The average Bonchev–Trinajstić information content (AvgIpc) is 3.13. The first-order chi connectivity index (χ1) is 11.2. The van der Waals surface area contributed by atoms with Crippen molar-refractivity contribution in [2.24, 2.45) is 5.92 Å². The van der Waals surface area contributed by atoms with Gasteiger partial charge in [0.05, 0.1) is 23.4 Å². The molecule has 1 aromatic heterocycles. The standard InChI is InChI=1S/C16H25N3O3S/c1-11-18-13(10-23-11)8-19-5-3-12-7-14(22-15(12)9-19)16(20)17-4-6-21-2/h10,12,14-15H,3-9H2,1-2H3,(H,17,20)/t12-,14-,15+/m1/s1. The van der Waals surface area contributed by atoms with Crippen LogP contribution in [0.2, 0.25) is 0 Å². The molecule has 2 fully saturated rings. The van der Waals surface area contributed by atoms with Crippen molar-refractivity contribution in [1.29, 1.82) is 0 Å². The summed E-state index contributed by atoms with van der Waals surface area (Å²) in [4.78, 5) is 19.1. The molecule has 23 heavy (non-hydrogen) atoms. The van der Waals surface area contributed by atoms with Gasteiger partial charge in [-0.05, 0) is 32.2 Å². The first-order valence-electron chi connectivity index (χ1n) is 8.21. The summed E-state index contributed by atoms with van der Waals surface area (Å²) in [6.45, 7) is 5.93. The molecule has 0 unspecified atom stereocenters. The van der Waals surface area contributed by atoms with E-state index < -0.39 is 0 Å². The summed E-state index contributed by atoms with van der Waals surface area (Å²) in [6.07, 6.45) is 1.80. The van der Waals surface area contributed by atoms with E-state index in [4.69, 9.17) is 9.47 Å². The van der Waals surface area contributed by atoms with E-state index in [2.05, 4.69) is 20.6 Å². The summed E-state index contributed by atoms with van der Waals surface area (Å²) in [5.41, 5.74) is 1.14. The molecule has 2 aliphatic heterocycles. The number of ether oxygens (including phenoxy) is 2. The van der Waals surface area contributed by atoms with Gasteiger partial charge in [-0.3, -0.25) is 9.69 Å². The molecule has 2 aliphatic rings. The quantitative estimate of drug-likeness (QED) is 0.789. The Morgan fingerprint density at radius 2 is 2.48 bits per heavy atom. The maximum absolute atomic E-state index is 12.1. The van der Waals surface area contributed by atoms with Gasteiger partial charge >= 0.3 is 0 Å². The second-order valence-electron chi connectivity index (χ2n) is 6.32. The molecule has 0 aliphatic carbocycles. The molecular formula is C16H25N3O3S. The normalized spacial score (nSPS) is 27.8. The molecule has 0 aromatic carbocycles. The molecule has 7 heteroatoms. The van der Waals surface area contributed by atoms with Crippen LogP contribution in [-0.2, 0) is 20.8 Å². The number of carbonyl (C=O) groups is 1. The van der Waals surface area contributed by atoms with Crippen molar-refractivity contribution in [2.45, 2.75) is 38.5 Å². The minimum atomic E-state index is -0.302. The number of carbonyl (C=O) groups excluding carboxylic acids is 1. The van der Waals surface area contributed by atoms with Gasteiger partial charge in [-0.15, -0.1) is 11.3 Å². The second kappa shape index (κ2) is 7.70. The maximum atomic E-state index is 12.1. The number of hydrogen-bond donors (Lipinski definition) is 1. The third kappa shape index (κ3) is 4.29. The molecule has 3 rings (SSSR count). The fourth-order valence-electron chi connectivity index (χ4n) is 3.41. The largest absolute Gasteiger partial charge is 0.383 e. The third-order valence-corrected chi connectivity index (χ3v) is 5.41. The van der Waals surface area contributed by atoms with Crippen LogP contribution in [0, 0.1) is 12.8 Å². The van der Waals surface area contributed by atoms with Gasteiger partial charge in [0.15, 0.2) is 0 Å². The maximum Gasteiger partial charge on any atom is 0.249 e. The number of hydrogen-bond acceptors (Lipinski definition) is 6. The fourth-order valence-corrected chi connectivity index (χ4v) is 4.01. The zero-order chi connectivity index (χ0) is 16.2. The van der Waals surface area contributed by atoms with Crippen LogP contribution >= 0.6 is 11.3 Å². The highest BCUT2D eigenvalue weighted by Gasteiger charge is 2.41. The lowest BCUT2D eigenvalue weighted by Gasteiger charge is -2.33. The average molecular weight is 339 g/mol. The molecule has 1 aromatic rings. The highest BCUT2D eigenvalue weighted by atomic mass is 32.1. The number of piperidine rings is 1. The molecular weight excluding hydrogens is 314 g/mol. The predicted octanol–water partition coefficient (Wildman–Crippen LogP) is 1.19. The second-order valence-corrected chi connectivity index (χ2v) is 7.39. The molecule has 128 valence electrons. The number of likely N-dealkylation sites (tertiary alicyclic amines) is 1. The number of aryl methyl sites for hydroxylation is 1. The lowest BCUT2D eigenvalue weighted by molar-refractivity contribution is -0.133. The van der Waals surface area contributed by atoms with E-state index in [-0.39, 0.29) is 18.1 Å². The van der Waals surface area contributed by atoms with Crippen molar-refractivity contribution in [3.8, 4) is 0 Å². The number of rotatable bonds is 6. The zero-order valence-corrected chi connectivity index (χ0v) is 14.6. The minimum Gasteiger partial charge on any atom is -0.383 e. The van der Waals surface area contributed by atoms with Crippen LogP contribution < -0.4 is 5.32 Å². The van der Waals surface area contributed by atoms with Gasteiger partial charge in [0.1, 0.15) is 6.10 Å². The van der Waals surface area contributed by atoms with Crippen LogP contribution in [-0.4, -0.2) is 61.3 Å². The summed E-state index contributed by atoms with van der Waals surface area (Å²) in [6, 6.07) is 0. The van der Waals surface area contributed by atoms with Crippen LogP contribution in [0.3, 0.4) is 0 Å². The van der Waals surface area contributed by atoms with E-state index in [1.165, 1.54) is 0 Å². The molecule has 0 radical (unpaired) electrons. The number of thiazole rings is 1. The van der Waals surface area contributed by atoms with Crippen molar-refractivity contribution in [3.05, 3.63) is 16.1 Å². The lowest BCUT2D eigenvalue weighted by Crippen LogP contribution is -2.42. The van der Waals surface area contributed by atoms with Gasteiger partial charge in [-0.25, -0.2) is 4.98 Å². The first-order valence-corrected chi connectivity index (χ1v) is 9.09. The predicted molar refractivity (Wildman–Crippen MR) is 88.4 cm³/mol. The van der Waals surface area contributed by atoms with Crippen LogP contribution in [0.15, 0.2) is 5.38 Å². The monoisotopic (exact) mass is 339 g/mol. The summed E-state index contributed by atoms with van der Waals surface area (Å²) >= 11 is 1.69. The van der Waals surface area contributed by atoms with Crippen LogP contribution in [0.4, 0.5) is 0 Å². The number of nitrogens with zero attached hydrogens (tertiary/aromatic N) is 2. The van der Waals surface area contributed by atoms with Gasteiger partial charge in [0.25, 0.3) is 0 Å². The smallest absolute Gasteiger partial charge is 0.249 e. The van der Waals surface area contributed by atoms with Gasteiger partial charge in [-0.1, -0.05) is 0 Å². The lowest BCUT2D eigenvalue weighted by atomic mass is 9.91. The number of amides is 1. The Kier molecular flexibility index (Phi) is 5.63. The van der Waals surface area contributed by atoms with Crippen LogP contribution in [0.5, 0.6) is 0 Å². The minimum absolute atomic E-state index is 0.00174. The fraction of sp³-hybridized carbons (Fsp3) is 0.750. The Morgan fingerprint density at radius 3 is 3.22 bits per heavy atom. The molecule has 3 heterocycles. The number of nitrogens with one attached hydrogen (secondary N) is 1.